The molecule has 0 unspecified atom stereocenters. The number of nitrogens with one attached hydrogen (secondary N) is 1. The Morgan fingerprint density at radius 3 is 2.50 bits per heavy atom. The smallest absolute Gasteiger partial charge is 0.243 e. The van der Waals surface area contributed by atoms with Crippen LogP contribution in [0.2, 0.25) is 0 Å². The summed E-state index contributed by atoms with van der Waals surface area (Å²) in [6.45, 7) is 3.97. The molecule has 7 nitrogen and oxygen atoms in total. The monoisotopic (exact) mass is 335 g/mol. The maximum Gasteiger partial charge on any atom is 0.243 e. The number of anilines is 1. The molecule has 0 radical (unpaired) electrons. The second kappa shape index (κ2) is 8.54. The molecule has 1 aliphatic heterocycles. The molecule has 0 saturated carbocycles. The zero-order chi connectivity index (χ0) is 17.5. The van der Waals surface area contributed by atoms with Crippen LogP contribution in [0, 0.1) is 0 Å². The number of benzene rings is 1. The Kier molecular flexibility index (Phi) is 6.43. The van der Waals surface area contributed by atoms with Crippen molar-refractivity contribution in [3.63, 3.8) is 0 Å². The van der Waals surface area contributed by atoms with Crippen LogP contribution in [0.5, 0.6) is 11.5 Å². The number of amides is 2. The Morgan fingerprint density at radius 1 is 1.12 bits per heavy atom. The van der Waals surface area contributed by atoms with Crippen LogP contribution in [0.1, 0.15) is 13.3 Å². The summed E-state index contributed by atoms with van der Waals surface area (Å²) in [6.07, 6.45) is 0.823. The topological polar surface area (TPSA) is 71.1 Å². The average molecular weight is 335 g/mol. The number of carbonyl (C=O) groups excluding carboxylic acids is 2. The summed E-state index contributed by atoms with van der Waals surface area (Å²) in [7, 11) is 3.96. The zero-order valence-electron chi connectivity index (χ0n) is 14.5. The van der Waals surface area contributed by atoms with Crippen LogP contribution in [0.3, 0.4) is 0 Å². The van der Waals surface area contributed by atoms with Crippen LogP contribution < -0.4 is 14.8 Å². The molecule has 1 N–H and O–H groups in total. The first-order valence-corrected chi connectivity index (χ1v) is 8.05. The number of rotatable bonds is 7. The minimum absolute atomic E-state index is 0.0389. The van der Waals surface area contributed by atoms with Gasteiger partial charge < -0.3 is 24.6 Å². The summed E-state index contributed by atoms with van der Waals surface area (Å²) in [5.41, 5.74) is 0.626. The highest BCUT2D eigenvalue weighted by molar-refractivity contribution is 5.94. The third kappa shape index (κ3) is 5.42. The molecule has 7 heteroatoms. The molecule has 0 atom stereocenters. The quantitative estimate of drug-likeness (QED) is 0.811. The van der Waals surface area contributed by atoms with Crippen LogP contribution in [0.15, 0.2) is 18.2 Å². The predicted molar refractivity (Wildman–Crippen MR) is 91.5 cm³/mol. The molecule has 0 spiro atoms. The summed E-state index contributed by atoms with van der Waals surface area (Å²) < 4.78 is 10.9. The minimum Gasteiger partial charge on any atom is -0.486 e. The van der Waals surface area contributed by atoms with Gasteiger partial charge in [0.1, 0.15) is 13.2 Å². The van der Waals surface area contributed by atoms with E-state index >= 15 is 0 Å². The first kappa shape index (κ1) is 18.1. The van der Waals surface area contributed by atoms with E-state index in [1.807, 2.05) is 19.0 Å². The summed E-state index contributed by atoms with van der Waals surface area (Å²) in [4.78, 5) is 27.5. The van der Waals surface area contributed by atoms with Crippen molar-refractivity contribution in [2.45, 2.75) is 13.3 Å². The second-order valence-corrected chi connectivity index (χ2v) is 6.00. The van der Waals surface area contributed by atoms with Crippen molar-refractivity contribution >= 4 is 17.5 Å². The van der Waals surface area contributed by atoms with E-state index in [0.717, 1.165) is 13.0 Å². The average Bonchev–Trinajstić information content (AvgIpc) is 2.53. The van der Waals surface area contributed by atoms with Crippen molar-refractivity contribution in [3.05, 3.63) is 18.2 Å². The predicted octanol–water partition coefficient (Wildman–Crippen LogP) is 1.20. The van der Waals surface area contributed by atoms with Crippen LogP contribution in [-0.2, 0) is 9.59 Å². The molecule has 1 aliphatic rings. The van der Waals surface area contributed by atoms with Gasteiger partial charge in [0, 0.05) is 25.2 Å². The van der Waals surface area contributed by atoms with E-state index in [2.05, 4.69) is 5.32 Å². The van der Waals surface area contributed by atoms with Gasteiger partial charge in [0.15, 0.2) is 11.5 Å². The van der Waals surface area contributed by atoms with Crippen molar-refractivity contribution in [3.8, 4) is 11.5 Å². The molecule has 1 aromatic carbocycles. The fraction of sp³-hybridized carbons (Fsp3) is 0.529. The normalized spacial score (nSPS) is 12.8. The van der Waals surface area contributed by atoms with Gasteiger partial charge in [-0.25, -0.2) is 0 Å². The molecule has 0 bridgehead atoms. The van der Waals surface area contributed by atoms with E-state index in [0.29, 0.717) is 36.9 Å². The Balaban J connectivity index is 1.89. The summed E-state index contributed by atoms with van der Waals surface area (Å²) >= 11 is 0. The molecule has 132 valence electrons. The lowest BCUT2D eigenvalue weighted by Crippen LogP contribution is -2.38. The Labute approximate surface area is 142 Å². The van der Waals surface area contributed by atoms with Gasteiger partial charge in [-0.15, -0.1) is 0 Å². The van der Waals surface area contributed by atoms with Gasteiger partial charge in [-0.05, 0) is 39.2 Å². The molecule has 1 aromatic rings. The van der Waals surface area contributed by atoms with Crippen LogP contribution in [-0.4, -0.2) is 68.6 Å². The summed E-state index contributed by atoms with van der Waals surface area (Å²) in [5.74, 6) is 0.958. The third-order valence-corrected chi connectivity index (χ3v) is 3.64. The number of fused-ring (bicyclic) bond motifs is 1. The fourth-order valence-corrected chi connectivity index (χ4v) is 2.42. The third-order valence-electron chi connectivity index (χ3n) is 3.64. The van der Waals surface area contributed by atoms with E-state index < -0.39 is 0 Å². The van der Waals surface area contributed by atoms with Crippen LogP contribution in [0.25, 0.3) is 0 Å². The van der Waals surface area contributed by atoms with E-state index in [1.54, 1.807) is 23.1 Å². The first-order valence-electron chi connectivity index (χ1n) is 8.05. The van der Waals surface area contributed by atoms with E-state index in [9.17, 15) is 9.59 Å². The summed E-state index contributed by atoms with van der Waals surface area (Å²) in [6, 6.07) is 5.26. The molecule has 2 rings (SSSR count). The maximum atomic E-state index is 12.2. The van der Waals surface area contributed by atoms with Gasteiger partial charge >= 0.3 is 0 Å². The molecule has 0 aromatic heterocycles. The van der Waals surface area contributed by atoms with Gasteiger partial charge in [0.25, 0.3) is 0 Å². The maximum absolute atomic E-state index is 12.2. The van der Waals surface area contributed by atoms with Crippen molar-refractivity contribution in [2.24, 2.45) is 0 Å². The SMILES string of the molecule is CC(=O)N(CCCN(C)C)CC(=O)Nc1ccc2c(c1)OCCO2. The van der Waals surface area contributed by atoms with Gasteiger partial charge in [-0.1, -0.05) is 0 Å². The number of hydrogen-bond donors (Lipinski definition) is 1. The van der Waals surface area contributed by atoms with Crippen LogP contribution >= 0.6 is 0 Å². The molecule has 2 amide bonds. The highest BCUT2D eigenvalue weighted by Crippen LogP contribution is 2.32. The Morgan fingerprint density at radius 2 is 1.83 bits per heavy atom. The van der Waals surface area contributed by atoms with E-state index in [4.69, 9.17) is 9.47 Å². The fourth-order valence-electron chi connectivity index (χ4n) is 2.42. The van der Waals surface area contributed by atoms with Gasteiger partial charge in [0.05, 0.1) is 6.54 Å². The molecule has 0 saturated heterocycles. The zero-order valence-corrected chi connectivity index (χ0v) is 14.5. The van der Waals surface area contributed by atoms with Gasteiger partial charge in [-0.3, -0.25) is 9.59 Å². The number of carbonyl (C=O) groups is 2. The molecule has 24 heavy (non-hydrogen) atoms. The Bertz CT molecular complexity index is 589. The number of ether oxygens (including phenoxy) is 2. The largest absolute Gasteiger partial charge is 0.486 e. The lowest BCUT2D eigenvalue weighted by atomic mass is 10.2. The van der Waals surface area contributed by atoms with Crippen molar-refractivity contribution in [1.29, 1.82) is 0 Å². The molecular formula is C17H25N3O4. The standard InChI is InChI=1S/C17H25N3O4/c1-13(21)20(8-4-7-19(2)3)12-17(22)18-14-5-6-15-16(11-14)24-10-9-23-15/h5-6,11H,4,7-10,12H2,1-3H3,(H,18,22). The van der Waals surface area contributed by atoms with Gasteiger partial charge in [-0.2, -0.15) is 0 Å². The number of hydrogen-bond acceptors (Lipinski definition) is 5. The van der Waals surface area contributed by atoms with E-state index in [-0.39, 0.29) is 18.4 Å². The van der Waals surface area contributed by atoms with Gasteiger partial charge in [0.2, 0.25) is 11.8 Å². The van der Waals surface area contributed by atoms with Crippen molar-refractivity contribution < 1.29 is 19.1 Å². The highest BCUT2D eigenvalue weighted by Gasteiger charge is 2.16. The minimum atomic E-state index is -0.230. The summed E-state index contributed by atoms with van der Waals surface area (Å²) in [5, 5.41) is 2.80. The molecular weight excluding hydrogens is 310 g/mol. The molecule has 1 heterocycles. The van der Waals surface area contributed by atoms with Crippen molar-refractivity contribution in [1.82, 2.24) is 9.80 Å². The van der Waals surface area contributed by atoms with Crippen molar-refractivity contribution in [2.75, 3.05) is 52.3 Å². The van der Waals surface area contributed by atoms with E-state index in [1.165, 1.54) is 6.92 Å². The Hall–Kier alpha value is -2.28. The lowest BCUT2D eigenvalue weighted by Gasteiger charge is -2.22. The van der Waals surface area contributed by atoms with Crippen LogP contribution in [0.4, 0.5) is 5.69 Å². The molecule has 0 aliphatic carbocycles. The highest BCUT2D eigenvalue weighted by atomic mass is 16.6. The second-order valence-electron chi connectivity index (χ2n) is 6.00. The number of nitrogens with zero attached hydrogens (tertiary/aromatic N) is 2. The molecule has 0 fully saturated rings. The first-order chi connectivity index (χ1) is 11.5. The lowest BCUT2D eigenvalue weighted by molar-refractivity contribution is -0.132.